The smallest absolute Gasteiger partial charge is 0.299 e. The number of benzene rings is 1. The number of nitrogens with one attached hydrogen (secondary N) is 1. The highest BCUT2D eigenvalue weighted by molar-refractivity contribution is 5.70. The minimum Gasteiger partial charge on any atom is -0.299 e. The third-order valence-corrected chi connectivity index (χ3v) is 6.16. The van der Waals surface area contributed by atoms with E-state index in [1.54, 1.807) is 21.7 Å². The van der Waals surface area contributed by atoms with Crippen LogP contribution in [0.25, 0.3) is 28.5 Å². The fourth-order valence-electron chi connectivity index (χ4n) is 4.38. The van der Waals surface area contributed by atoms with Gasteiger partial charge in [-0.15, -0.1) is 20.4 Å². The highest BCUT2D eigenvalue weighted by Gasteiger charge is 2.18. The monoisotopic (exact) mass is 498 g/mol. The van der Waals surface area contributed by atoms with E-state index in [1.807, 2.05) is 47.2 Å². The second-order valence-electron chi connectivity index (χ2n) is 9.49. The fraction of sp³-hybridized carbons (Fsp3) is 0.346. The molecule has 0 aliphatic carbocycles. The maximum Gasteiger partial charge on any atom is 0.335 e. The average Bonchev–Trinajstić information content (AvgIpc) is 3.65. The Morgan fingerprint density at radius 2 is 1.89 bits per heavy atom. The normalized spacial score (nSPS) is 11.5. The molecule has 1 N–H and O–H groups in total. The van der Waals surface area contributed by atoms with Crippen molar-refractivity contribution in [1.29, 1.82) is 0 Å². The first-order chi connectivity index (χ1) is 18.0. The summed E-state index contributed by atoms with van der Waals surface area (Å²) in [6.07, 6.45) is 8.17. The van der Waals surface area contributed by atoms with Gasteiger partial charge in [0.1, 0.15) is 6.33 Å². The fourth-order valence-corrected chi connectivity index (χ4v) is 4.38. The summed E-state index contributed by atoms with van der Waals surface area (Å²) in [6.45, 7) is 7.49. The van der Waals surface area contributed by atoms with Crippen LogP contribution in [0.15, 0.2) is 59.9 Å². The van der Waals surface area contributed by atoms with Crippen LogP contribution >= 0.6 is 0 Å². The summed E-state index contributed by atoms with van der Waals surface area (Å²) in [6, 6.07) is 11.9. The van der Waals surface area contributed by atoms with Crippen LogP contribution in [-0.2, 0) is 19.5 Å². The van der Waals surface area contributed by atoms with Gasteiger partial charge in [-0.05, 0) is 53.3 Å². The molecule has 5 aromatic rings. The van der Waals surface area contributed by atoms with Gasteiger partial charge in [0.15, 0.2) is 0 Å². The molecule has 0 spiro atoms. The van der Waals surface area contributed by atoms with E-state index in [1.165, 1.54) is 0 Å². The number of hydrogen-bond donors (Lipinski definition) is 1. The number of imidazole rings is 1. The molecular formula is C26H30N10O. The van der Waals surface area contributed by atoms with E-state index in [4.69, 9.17) is 0 Å². The number of tetrazole rings is 1. The van der Waals surface area contributed by atoms with Crippen LogP contribution in [0.5, 0.6) is 0 Å². The second-order valence-corrected chi connectivity index (χ2v) is 9.49. The Bertz CT molecular complexity index is 1530. The Kier molecular flexibility index (Phi) is 7.02. The number of rotatable bonds is 10. The van der Waals surface area contributed by atoms with Crippen LogP contribution in [0.1, 0.15) is 45.0 Å². The lowest BCUT2D eigenvalue weighted by Crippen LogP contribution is -2.27. The van der Waals surface area contributed by atoms with Crippen molar-refractivity contribution in [2.75, 3.05) is 0 Å². The Hall–Kier alpha value is -4.41. The molecule has 37 heavy (non-hydrogen) atoms. The van der Waals surface area contributed by atoms with Gasteiger partial charge < -0.3 is 0 Å². The lowest BCUT2D eigenvalue weighted by molar-refractivity contribution is 0.512. The zero-order chi connectivity index (χ0) is 25.8. The zero-order valence-corrected chi connectivity index (χ0v) is 21.2. The molecule has 0 saturated heterocycles. The number of unbranched alkanes of at least 4 members (excludes halogenated alkanes) is 1. The maximum atomic E-state index is 13.6. The van der Waals surface area contributed by atoms with Crippen molar-refractivity contribution in [2.45, 2.75) is 53.1 Å². The van der Waals surface area contributed by atoms with E-state index in [2.05, 4.69) is 56.6 Å². The van der Waals surface area contributed by atoms with Gasteiger partial charge in [-0.1, -0.05) is 45.4 Å². The third kappa shape index (κ3) is 5.25. The number of aromatic nitrogens is 10. The van der Waals surface area contributed by atoms with Gasteiger partial charge in [0.05, 0.1) is 12.2 Å². The van der Waals surface area contributed by atoms with E-state index in [-0.39, 0.29) is 5.69 Å². The summed E-state index contributed by atoms with van der Waals surface area (Å²) in [5.41, 5.74) is 4.47. The molecule has 4 heterocycles. The molecule has 11 heteroatoms. The maximum absolute atomic E-state index is 13.6. The molecule has 0 unspecified atom stereocenters. The number of pyridine rings is 1. The lowest BCUT2D eigenvalue weighted by Gasteiger charge is -2.09. The van der Waals surface area contributed by atoms with Gasteiger partial charge in [-0.2, -0.15) is 5.21 Å². The third-order valence-electron chi connectivity index (χ3n) is 6.16. The number of hydrogen-bond acceptors (Lipinski definition) is 7. The van der Waals surface area contributed by atoms with E-state index >= 15 is 0 Å². The molecule has 11 nitrogen and oxygen atoms in total. The minimum absolute atomic E-state index is 0.143. The van der Waals surface area contributed by atoms with Crippen molar-refractivity contribution in [1.82, 2.24) is 49.5 Å². The lowest BCUT2D eigenvalue weighted by atomic mass is 10.0. The minimum atomic E-state index is -0.143. The summed E-state index contributed by atoms with van der Waals surface area (Å²) < 4.78 is 5.33. The van der Waals surface area contributed by atoms with Crippen LogP contribution in [-0.4, -0.2) is 49.5 Å². The molecule has 0 atom stereocenters. The topological polar surface area (TPSA) is 125 Å². The van der Waals surface area contributed by atoms with Crippen LogP contribution in [0.4, 0.5) is 0 Å². The molecule has 0 bridgehead atoms. The number of H-pyrrole nitrogens is 1. The first-order valence-corrected chi connectivity index (χ1v) is 12.5. The van der Waals surface area contributed by atoms with Crippen LogP contribution in [0, 0.1) is 5.92 Å². The van der Waals surface area contributed by atoms with Crippen LogP contribution in [0.2, 0.25) is 0 Å². The van der Waals surface area contributed by atoms with E-state index in [0.717, 1.165) is 53.9 Å². The van der Waals surface area contributed by atoms with Gasteiger partial charge in [0.2, 0.25) is 11.8 Å². The number of nitrogens with zero attached hydrogens (tertiary/aromatic N) is 9. The average molecular weight is 499 g/mol. The van der Waals surface area contributed by atoms with Crippen LogP contribution < -0.4 is 5.69 Å². The summed E-state index contributed by atoms with van der Waals surface area (Å²) in [5, 5.41) is 22.6. The van der Waals surface area contributed by atoms with E-state index in [0.29, 0.717) is 24.2 Å². The van der Waals surface area contributed by atoms with E-state index in [9.17, 15) is 4.79 Å². The van der Waals surface area contributed by atoms with Crippen molar-refractivity contribution in [3.8, 4) is 28.5 Å². The zero-order valence-electron chi connectivity index (χ0n) is 21.2. The predicted molar refractivity (Wildman–Crippen MR) is 139 cm³/mol. The SMILES string of the molecule is CCCCc1cn(-c2nncn2CC(C)C)c(=O)n1Cc1cc(-c2cccc(-c3nn[nH]n3)c2)ccn1. The van der Waals surface area contributed by atoms with Gasteiger partial charge in [-0.25, -0.2) is 9.36 Å². The molecule has 4 aromatic heterocycles. The van der Waals surface area contributed by atoms with Crippen molar-refractivity contribution in [3.63, 3.8) is 0 Å². The van der Waals surface area contributed by atoms with Gasteiger partial charge >= 0.3 is 5.69 Å². The highest BCUT2D eigenvalue weighted by atomic mass is 16.2. The molecule has 0 amide bonds. The Morgan fingerprint density at radius 1 is 1.05 bits per heavy atom. The Morgan fingerprint density at radius 3 is 2.68 bits per heavy atom. The quantitative estimate of drug-likeness (QED) is 0.312. The number of aromatic amines is 1. The van der Waals surface area contributed by atoms with Crippen molar-refractivity contribution in [3.05, 3.63) is 77.0 Å². The largest absolute Gasteiger partial charge is 0.335 e. The first kappa shape index (κ1) is 24.3. The molecular weight excluding hydrogens is 468 g/mol. The highest BCUT2D eigenvalue weighted by Crippen LogP contribution is 2.24. The molecule has 0 radical (unpaired) electrons. The predicted octanol–water partition coefficient (Wildman–Crippen LogP) is 3.52. The molecule has 0 aliphatic heterocycles. The standard InChI is InChI=1S/C26H30N10O/c1-4-5-9-23-16-36(25-31-28-17-34(25)14-18(2)3)26(37)35(23)15-22-13-20(10-11-27-22)19-7-6-8-21(12-19)24-29-32-33-30-24/h6-8,10-13,16-18H,4-5,9,14-15H2,1-3H3,(H,29,30,32,33). The van der Waals surface area contributed by atoms with E-state index < -0.39 is 0 Å². The van der Waals surface area contributed by atoms with Crippen molar-refractivity contribution in [2.24, 2.45) is 5.92 Å². The van der Waals surface area contributed by atoms with Gasteiger partial charge in [0.25, 0.3) is 0 Å². The van der Waals surface area contributed by atoms with Gasteiger partial charge in [-0.3, -0.25) is 14.1 Å². The van der Waals surface area contributed by atoms with Crippen molar-refractivity contribution < 1.29 is 0 Å². The second kappa shape index (κ2) is 10.7. The molecule has 5 rings (SSSR count). The van der Waals surface area contributed by atoms with Gasteiger partial charge in [0, 0.05) is 30.2 Å². The molecule has 0 fully saturated rings. The summed E-state index contributed by atoms with van der Waals surface area (Å²) >= 11 is 0. The molecule has 0 saturated carbocycles. The van der Waals surface area contributed by atoms with Crippen molar-refractivity contribution >= 4 is 0 Å². The Balaban J connectivity index is 1.49. The molecule has 1 aromatic carbocycles. The van der Waals surface area contributed by atoms with Crippen LogP contribution in [0.3, 0.4) is 0 Å². The summed E-state index contributed by atoms with van der Waals surface area (Å²) in [7, 11) is 0. The molecule has 0 aliphatic rings. The summed E-state index contributed by atoms with van der Waals surface area (Å²) in [4.78, 5) is 18.2. The summed E-state index contributed by atoms with van der Waals surface area (Å²) in [5.74, 6) is 1.47. The Labute approximate surface area is 214 Å². The molecule has 190 valence electrons. The number of aryl methyl sites for hydroxylation is 1. The first-order valence-electron chi connectivity index (χ1n) is 12.5.